The smallest absolute Gasteiger partial charge is 0.476 e. The molecule has 0 spiro atoms. The standard InChI is InChI=1S/C9H14N4O4/c1-3-4-16-6-5(10)7(13-8(11)12-6)17-9(14)15-2/h3-4,10H2,1-2H3,(H2,11,12,13). The molecule has 4 N–H and O–H groups in total. The number of nitrogens with two attached hydrogens (primary N) is 2. The summed E-state index contributed by atoms with van der Waals surface area (Å²) in [7, 11) is 1.16. The molecule has 0 aliphatic rings. The predicted molar refractivity (Wildman–Crippen MR) is 59.7 cm³/mol. The summed E-state index contributed by atoms with van der Waals surface area (Å²) < 4.78 is 14.2. The number of methoxy groups -OCH3 is 1. The van der Waals surface area contributed by atoms with Gasteiger partial charge in [0.25, 0.3) is 5.88 Å². The van der Waals surface area contributed by atoms with E-state index in [0.717, 1.165) is 13.5 Å². The van der Waals surface area contributed by atoms with Gasteiger partial charge in [-0.05, 0) is 6.42 Å². The molecule has 0 unspecified atom stereocenters. The summed E-state index contributed by atoms with van der Waals surface area (Å²) in [6.07, 6.45) is -0.174. The zero-order valence-electron chi connectivity index (χ0n) is 9.60. The SMILES string of the molecule is CCCOc1nc(N)nc(OC(=O)OC)c1N. The molecule has 0 aliphatic carbocycles. The van der Waals surface area contributed by atoms with Crippen molar-refractivity contribution >= 4 is 17.8 Å². The number of hydrogen-bond acceptors (Lipinski definition) is 8. The first kappa shape index (κ1) is 12.8. The lowest BCUT2D eigenvalue weighted by Gasteiger charge is -2.10. The highest BCUT2D eigenvalue weighted by molar-refractivity contribution is 5.68. The van der Waals surface area contributed by atoms with Crippen LogP contribution in [0.3, 0.4) is 0 Å². The van der Waals surface area contributed by atoms with Gasteiger partial charge in [0.05, 0.1) is 13.7 Å². The monoisotopic (exact) mass is 242 g/mol. The van der Waals surface area contributed by atoms with E-state index in [4.69, 9.17) is 20.9 Å². The van der Waals surface area contributed by atoms with E-state index < -0.39 is 6.16 Å². The molecule has 1 rings (SSSR count). The fourth-order valence-electron chi connectivity index (χ4n) is 0.952. The highest BCUT2D eigenvalue weighted by atomic mass is 16.7. The minimum absolute atomic E-state index is 0.00181. The average molecular weight is 242 g/mol. The average Bonchev–Trinajstić information content (AvgIpc) is 2.31. The van der Waals surface area contributed by atoms with Crippen molar-refractivity contribution in [2.75, 3.05) is 25.2 Å². The Labute approximate surface area is 97.9 Å². The zero-order valence-corrected chi connectivity index (χ0v) is 9.60. The van der Waals surface area contributed by atoms with E-state index in [1.54, 1.807) is 0 Å². The van der Waals surface area contributed by atoms with Gasteiger partial charge in [-0.1, -0.05) is 6.92 Å². The minimum Gasteiger partial charge on any atom is -0.476 e. The zero-order chi connectivity index (χ0) is 12.8. The first-order valence-corrected chi connectivity index (χ1v) is 4.90. The van der Waals surface area contributed by atoms with Gasteiger partial charge >= 0.3 is 6.16 Å². The van der Waals surface area contributed by atoms with Crippen molar-refractivity contribution in [3.63, 3.8) is 0 Å². The molecule has 17 heavy (non-hydrogen) atoms. The van der Waals surface area contributed by atoms with Gasteiger partial charge in [0, 0.05) is 0 Å². The lowest BCUT2D eigenvalue weighted by Crippen LogP contribution is -2.13. The largest absolute Gasteiger partial charge is 0.514 e. The van der Waals surface area contributed by atoms with Gasteiger partial charge in [-0.3, -0.25) is 0 Å². The molecule has 0 bridgehead atoms. The second-order valence-corrected chi connectivity index (χ2v) is 3.01. The summed E-state index contributed by atoms with van der Waals surface area (Å²) in [6.45, 7) is 2.34. The Balaban J connectivity index is 2.96. The van der Waals surface area contributed by atoms with Gasteiger partial charge in [0.2, 0.25) is 11.8 Å². The molecule has 0 fully saturated rings. The van der Waals surface area contributed by atoms with Crippen LogP contribution in [0.5, 0.6) is 11.8 Å². The Morgan fingerprint density at radius 3 is 2.53 bits per heavy atom. The van der Waals surface area contributed by atoms with E-state index in [1.165, 1.54) is 0 Å². The molecule has 1 aromatic rings. The van der Waals surface area contributed by atoms with Crippen LogP contribution in [0.25, 0.3) is 0 Å². The number of anilines is 2. The van der Waals surface area contributed by atoms with Gasteiger partial charge < -0.3 is 25.7 Å². The maximum atomic E-state index is 10.9. The predicted octanol–water partition coefficient (Wildman–Crippen LogP) is 0.575. The molecule has 8 heteroatoms. The minimum atomic E-state index is -0.948. The Hall–Kier alpha value is -2.25. The number of carbonyl (C=O) groups excluding carboxylic acids is 1. The van der Waals surface area contributed by atoms with Crippen molar-refractivity contribution in [3.8, 4) is 11.8 Å². The number of hydrogen-bond donors (Lipinski definition) is 2. The number of nitrogens with zero attached hydrogens (tertiary/aromatic N) is 2. The lowest BCUT2D eigenvalue weighted by atomic mass is 10.5. The molecule has 0 amide bonds. The van der Waals surface area contributed by atoms with Gasteiger partial charge in [-0.25, -0.2) is 4.79 Å². The quantitative estimate of drug-likeness (QED) is 0.735. The fourth-order valence-corrected chi connectivity index (χ4v) is 0.952. The first-order chi connectivity index (χ1) is 8.08. The van der Waals surface area contributed by atoms with Crippen LogP contribution in [0, 0.1) is 0 Å². The van der Waals surface area contributed by atoms with Crippen molar-refractivity contribution in [1.29, 1.82) is 0 Å². The molecule has 0 radical (unpaired) electrons. The molecule has 0 aromatic carbocycles. The summed E-state index contributed by atoms with van der Waals surface area (Å²) >= 11 is 0. The van der Waals surface area contributed by atoms with Gasteiger partial charge in [-0.15, -0.1) is 0 Å². The van der Waals surface area contributed by atoms with E-state index in [9.17, 15) is 4.79 Å². The third-order valence-corrected chi connectivity index (χ3v) is 1.68. The maximum Gasteiger partial charge on any atom is 0.514 e. The van der Waals surface area contributed by atoms with Crippen molar-refractivity contribution in [1.82, 2.24) is 9.97 Å². The normalized spacial score (nSPS) is 9.76. The lowest BCUT2D eigenvalue weighted by molar-refractivity contribution is 0.120. The number of rotatable bonds is 4. The van der Waals surface area contributed by atoms with Crippen LogP contribution in [0.4, 0.5) is 16.4 Å². The van der Waals surface area contributed by atoms with E-state index in [1.807, 2.05) is 6.92 Å². The molecular formula is C9H14N4O4. The summed E-state index contributed by atoms with van der Waals surface area (Å²) in [4.78, 5) is 18.4. The van der Waals surface area contributed by atoms with Gasteiger partial charge in [0.15, 0.2) is 5.69 Å². The van der Waals surface area contributed by atoms with Crippen molar-refractivity contribution in [2.45, 2.75) is 13.3 Å². The first-order valence-electron chi connectivity index (χ1n) is 4.90. The third kappa shape index (κ3) is 3.37. The number of nitrogen functional groups attached to an aromatic ring is 2. The molecule has 0 saturated carbocycles. The van der Waals surface area contributed by atoms with Crippen LogP contribution in [0.1, 0.15) is 13.3 Å². The molecule has 1 aromatic heterocycles. The third-order valence-electron chi connectivity index (χ3n) is 1.68. The van der Waals surface area contributed by atoms with Crippen molar-refractivity contribution < 1.29 is 19.0 Å². The molecule has 0 saturated heterocycles. The van der Waals surface area contributed by atoms with Crippen LogP contribution in [0.2, 0.25) is 0 Å². The van der Waals surface area contributed by atoms with E-state index in [2.05, 4.69) is 14.7 Å². The molecule has 0 aliphatic heterocycles. The van der Waals surface area contributed by atoms with E-state index in [-0.39, 0.29) is 23.4 Å². The Morgan fingerprint density at radius 2 is 1.94 bits per heavy atom. The van der Waals surface area contributed by atoms with Gasteiger partial charge in [0.1, 0.15) is 0 Å². The van der Waals surface area contributed by atoms with Crippen molar-refractivity contribution in [2.24, 2.45) is 0 Å². The van der Waals surface area contributed by atoms with E-state index >= 15 is 0 Å². The Kier molecular flexibility index (Phi) is 4.32. The summed E-state index contributed by atoms with van der Waals surface area (Å²) in [5, 5.41) is 0. The van der Waals surface area contributed by atoms with E-state index in [0.29, 0.717) is 6.61 Å². The number of ether oxygens (including phenoxy) is 3. The molecule has 1 heterocycles. The topological polar surface area (TPSA) is 123 Å². The van der Waals surface area contributed by atoms with Crippen LogP contribution in [-0.4, -0.2) is 29.8 Å². The number of aromatic nitrogens is 2. The van der Waals surface area contributed by atoms with Crippen LogP contribution >= 0.6 is 0 Å². The van der Waals surface area contributed by atoms with Crippen molar-refractivity contribution in [3.05, 3.63) is 0 Å². The summed E-state index contributed by atoms with van der Waals surface area (Å²) in [6, 6.07) is 0. The van der Waals surface area contributed by atoms with Crippen LogP contribution in [0.15, 0.2) is 0 Å². The van der Waals surface area contributed by atoms with Gasteiger partial charge in [-0.2, -0.15) is 9.97 Å². The second kappa shape index (κ2) is 5.73. The maximum absolute atomic E-state index is 10.9. The molecule has 0 atom stereocenters. The molecule has 94 valence electrons. The molecular weight excluding hydrogens is 228 g/mol. The van der Waals surface area contributed by atoms with Crippen LogP contribution < -0.4 is 20.9 Å². The summed E-state index contributed by atoms with van der Waals surface area (Å²) in [5.41, 5.74) is 11.1. The highest BCUT2D eigenvalue weighted by Gasteiger charge is 2.16. The Morgan fingerprint density at radius 1 is 1.29 bits per heavy atom. The van der Waals surface area contributed by atoms with Crippen LogP contribution in [-0.2, 0) is 4.74 Å². The fraction of sp³-hybridized carbons (Fsp3) is 0.444. The molecule has 8 nitrogen and oxygen atoms in total. The Bertz CT molecular complexity index is 410. The second-order valence-electron chi connectivity index (χ2n) is 3.01. The number of carbonyl (C=O) groups is 1. The summed E-state index contributed by atoms with van der Waals surface area (Å²) in [5.74, 6) is -0.210. The highest BCUT2D eigenvalue weighted by Crippen LogP contribution is 2.29.